The Balaban J connectivity index is 0.00000324. The first kappa shape index (κ1) is 14.4. The highest BCUT2D eigenvalue weighted by molar-refractivity contribution is 5.93. The Kier molecular flexibility index (Phi) is 5.03. The van der Waals surface area contributed by atoms with E-state index in [9.17, 15) is 4.39 Å². The van der Waals surface area contributed by atoms with Crippen LogP contribution in [-0.2, 0) is 4.74 Å². The third-order valence-corrected chi connectivity index (χ3v) is 2.79. The molecule has 1 aliphatic rings. The van der Waals surface area contributed by atoms with Crippen molar-refractivity contribution in [3.63, 3.8) is 0 Å². The van der Waals surface area contributed by atoms with Gasteiger partial charge in [0.2, 0.25) is 0 Å². The normalized spacial score (nSPS) is 26.1. The predicted octanol–water partition coefficient (Wildman–Crippen LogP) is 1.66. The van der Waals surface area contributed by atoms with Gasteiger partial charge in [-0.1, -0.05) is 0 Å². The number of allylic oxidation sites excluding steroid dienone is 1. The SMILES string of the molecule is C/C=C(/F)C(=N)N1CC(C)OC(/C(C=N)=C/N)C1.[HH]. The van der Waals surface area contributed by atoms with Gasteiger partial charge in [0.1, 0.15) is 6.10 Å². The second-order valence-corrected chi connectivity index (χ2v) is 4.14. The molecule has 0 bridgehead atoms. The largest absolute Gasteiger partial charge is 0.404 e. The van der Waals surface area contributed by atoms with E-state index in [1.54, 1.807) is 11.8 Å². The number of nitrogens with one attached hydrogen (secondary N) is 2. The predicted molar refractivity (Wildman–Crippen MR) is 71.7 cm³/mol. The molecule has 1 saturated heterocycles. The number of halogens is 1. The summed E-state index contributed by atoms with van der Waals surface area (Å²) >= 11 is 0. The van der Waals surface area contributed by atoms with Crippen LogP contribution in [0.15, 0.2) is 23.7 Å². The van der Waals surface area contributed by atoms with Crippen molar-refractivity contribution in [3.05, 3.63) is 23.7 Å². The van der Waals surface area contributed by atoms with Gasteiger partial charge in [-0.25, -0.2) is 4.39 Å². The summed E-state index contributed by atoms with van der Waals surface area (Å²) in [5, 5.41) is 15.0. The van der Waals surface area contributed by atoms with Crippen LogP contribution in [0.25, 0.3) is 0 Å². The van der Waals surface area contributed by atoms with Gasteiger partial charge >= 0.3 is 0 Å². The van der Waals surface area contributed by atoms with Crippen molar-refractivity contribution in [1.29, 1.82) is 10.8 Å². The molecule has 4 N–H and O–H groups in total. The molecule has 0 saturated carbocycles. The molecule has 0 spiro atoms. The third-order valence-electron chi connectivity index (χ3n) is 2.79. The first-order valence-electron chi connectivity index (χ1n) is 5.76. The summed E-state index contributed by atoms with van der Waals surface area (Å²) in [7, 11) is 0. The summed E-state index contributed by atoms with van der Waals surface area (Å²) in [5.41, 5.74) is 5.94. The quantitative estimate of drug-likeness (QED) is 0.530. The Labute approximate surface area is 108 Å². The van der Waals surface area contributed by atoms with Crippen molar-refractivity contribution >= 4 is 12.1 Å². The van der Waals surface area contributed by atoms with Crippen molar-refractivity contribution in [2.45, 2.75) is 26.1 Å². The number of ether oxygens (including phenoxy) is 1. The fourth-order valence-corrected chi connectivity index (χ4v) is 1.85. The van der Waals surface area contributed by atoms with Gasteiger partial charge in [-0.3, -0.25) is 5.41 Å². The Morgan fingerprint density at radius 2 is 2.22 bits per heavy atom. The lowest BCUT2D eigenvalue weighted by molar-refractivity contribution is -0.0371. The third kappa shape index (κ3) is 3.16. The molecule has 1 aliphatic heterocycles. The monoisotopic (exact) mass is 256 g/mol. The Morgan fingerprint density at radius 1 is 1.56 bits per heavy atom. The van der Waals surface area contributed by atoms with Crippen molar-refractivity contribution in [3.8, 4) is 0 Å². The Bertz CT molecular complexity index is 397. The lowest BCUT2D eigenvalue weighted by Crippen LogP contribution is -2.50. The van der Waals surface area contributed by atoms with Crippen molar-refractivity contribution in [1.82, 2.24) is 4.90 Å². The topological polar surface area (TPSA) is 86.2 Å². The van der Waals surface area contributed by atoms with Crippen LogP contribution in [0.1, 0.15) is 15.3 Å². The van der Waals surface area contributed by atoms with Crippen molar-refractivity contribution in [2.75, 3.05) is 13.1 Å². The van der Waals surface area contributed by atoms with Crippen LogP contribution in [0.3, 0.4) is 0 Å². The maximum Gasteiger partial charge on any atom is 0.160 e. The second-order valence-electron chi connectivity index (χ2n) is 4.14. The Hall–Kier alpha value is -1.69. The minimum Gasteiger partial charge on any atom is -0.404 e. The molecule has 102 valence electrons. The first-order valence-corrected chi connectivity index (χ1v) is 5.76. The number of nitrogens with two attached hydrogens (primary N) is 1. The molecule has 18 heavy (non-hydrogen) atoms. The van der Waals surface area contributed by atoms with Crippen LogP contribution < -0.4 is 5.73 Å². The summed E-state index contributed by atoms with van der Waals surface area (Å²) in [4.78, 5) is 1.60. The van der Waals surface area contributed by atoms with Gasteiger partial charge in [0, 0.05) is 26.0 Å². The Morgan fingerprint density at radius 3 is 2.72 bits per heavy atom. The number of rotatable bonds is 3. The minimum atomic E-state index is -0.559. The van der Waals surface area contributed by atoms with Crippen molar-refractivity contribution < 1.29 is 10.6 Å². The number of hydrogen-bond acceptors (Lipinski definition) is 4. The molecule has 0 aromatic carbocycles. The molecule has 1 fully saturated rings. The summed E-state index contributed by atoms with van der Waals surface area (Å²) in [6.45, 7) is 4.17. The van der Waals surface area contributed by atoms with Crippen LogP contribution >= 0.6 is 0 Å². The van der Waals surface area contributed by atoms with E-state index in [2.05, 4.69) is 0 Å². The van der Waals surface area contributed by atoms with Gasteiger partial charge in [0.05, 0.1) is 12.6 Å². The lowest BCUT2D eigenvalue weighted by atomic mass is 10.1. The number of hydrogen-bond donors (Lipinski definition) is 3. The first-order chi connectivity index (χ1) is 8.53. The smallest absolute Gasteiger partial charge is 0.160 e. The summed E-state index contributed by atoms with van der Waals surface area (Å²) in [5.74, 6) is -0.713. The van der Waals surface area contributed by atoms with Gasteiger partial charge in [-0.2, -0.15) is 0 Å². The average Bonchev–Trinajstić information content (AvgIpc) is 2.37. The molecular formula is C12H21FN4O. The maximum absolute atomic E-state index is 13.4. The molecule has 0 aliphatic carbocycles. The van der Waals surface area contributed by atoms with Crippen LogP contribution in [-0.4, -0.2) is 42.2 Å². The van der Waals surface area contributed by atoms with E-state index in [0.717, 1.165) is 6.21 Å². The number of nitrogens with zero attached hydrogens (tertiary/aromatic N) is 1. The molecule has 0 radical (unpaired) electrons. The molecule has 5 nitrogen and oxygen atoms in total. The molecule has 2 unspecified atom stereocenters. The molecule has 0 aromatic rings. The van der Waals surface area contributed by atoms with Crippen LogP contribution in [0, 0.1) is 10.8 Å². The van der Waals surface area contributed by atoms with E-state index >= 15 is 0 Å². The van der Waals surface area contributed by atoms with Gasteiger partial charge in [-0.05, 0) is 19.9 Å². The second kappa shape index (κ2) is 6.30. The summed E-state index contributed by atoms with van der Waals surface area (Å²) in [6.07, 6.45) is 3.14. The zero-order valence-electron chi connectivity index (χ0n) is 10.6. The zero-order chi connectivity index (χ0) is 13.7. The minimum absolute atomic E-state index is 0. The van der Waals surface area contributed by atoms with E-state index in [1.807, 2.05) is 6.92 Å². The van der Waals surface area contributed by atoms with E-state index in [0.29, 0.717) is 18.7 Å². The van der Waals surface area contributed by atoms with Crippen LogP contribution in [0.2, 0.25) is 0 Å². The number of morpholine rings is 1. The fourth-order valence-electron chi connectivity index (χ4n) is 1.85. The van der Waals surface area contributed by atoms with E-state index in [-0.39, 0.29) is 13.4 Å². The fraction of sp³-hybridized carbons (Fsp3) is 0.500. The standard InChI is InChI=1S/C12H19FN4O.H2/c1-3-10(13)12(16)17-6-8(2)18-11(7-17)9(4-14)5-15;/h3-5,8,11,14,16H,6-7,15H2,1-2H3;1H/b9-5+,10-3+,14-4?,16-12?;. The molecule has 1 rings (SSSR count). The van der Waals surface area contributed by atoms with Crippen LogP contribution in [0.5, 0.6) is 0 Å². The van der Waals surface area contributed by atoms with E-state index < -0.39 is 11.9 Å². The van der Waals surface area contributed by atoms with E-state index in [4.69, 9.17) is 21.3 Å². The van der Waals surface area contributed by atoms with Gasteiger partial charge in [0.25, 0.3) is 0 Å². The molecule has 0 amide bonds. The molecule has 0 aromatic heterocycles. The lowest BCUT2D eigenvalue weighted by Gasteiger charge is -2.38. The molecular weight excluding hydrogens is 235 g/mol. The highest BCUT2D eigenvalue weighted by Crippen LogP contribution is 2.18. The number of amidine groups is 1. The maximum atomic E-state index is 13.4. The average molecular weight is 256 g/mol. The van der Waals surface area contributed by atoms with Gasteiger partial charge in [-0.15, -0.1) is 0 Å². The van der Waals surface area contributed by atoms with Gasteiger partial charge in [0.15, 0.2) is 11.7 Å². The van der Waals surface area contributed by atoms with E-state index in [1.165, 1.54) is 12.3 Å². The molecule has 2 atom stereocenters. The van der Waals surface area contributed by atoms with Crippen LogP contribution in [0.4, 0.5) is 4.39 Å². The zero-order valence-corrected chi connectivity index (χ0v) is 10.6. The summed E-state index contributed by atoms with van der Waals surface area (Å²) < 4.78 is 19.0. The van der Waals surface area contributed by atoms with Crippen molar-refractivity contribution in [2.24, 2.45) is 5.73 Å². The molecule has 6 heteroatoms. The highest BCUT2D eigenvalue weighted by atomic mass is 19.1. The molecule has 1 heterocycles. The highest BCUT2D eigenvalue weighted by Gasteiger charge is 2.29. The summed E-state index contributed by atoms with van der Waals surface area (Å²) in [6, 6.07) is 0. The van der Waals surface area contributed by atoms with Gasteiger partial charge < -0.3 is 20.8 Å².